The molecule has 260 valence electrons. The molecule has 4 aromatic rings. The number of benzene rings is 1. The molecule has 3 atom stereocenters. The van der Waals surface area contributed by atoms with E-state index in [9.17, 15) is 18.8 Å². The van der Waals surface area contributed by atoms with Crippen LogP contribution in [0.25, 0.3) is 22.0 Å². The first-order chi connectivity index (χ1) is 24.1. The first kappa shape index (κ1) is 34.1. The fraction of sp³-hybridized carbons (Fsp3) is 0.432. The van der Waals surface area contributed by atoms with Gasteiger partial charge in [0.1, 0.15) is 41.2 Å². The number of aryl methyl sites for hydroxylation is 1. The van der Waals surface area contributed by atoms with Crippen LogP contribution in [-0.4, -0.2) is 77.8 Å². The van der Waals surface area contributed by atoms with Crippen LogP contribution in [0.3, 0.4) is 0 Å². The third-order valence-corrected chi connectivity index (χ3v) is 10.6. The average molecular weight is 744 g/mol. The predicted octanol–water partition coefficient (Wildman–Crippen LogP) is 6.19. The predicted molar refractivity (Wildman–Crippen MR) is 191 cm³/mol. The number of rotatable bonds is 5. The number of nitrogens with zero attached hydrogens (tertiary/aromatic N) is 7. The minimum atomic E-state index is -0.837. The largest absolute Gasteiger partial charge is 0.325 e. The minimum absolute atomic E-state index is 0.146. The Morgan fingerprint density at radius 3 is 2.66 bits per heavy atom. The highest BCUT2D eigenvalue weighted by Gasteiger charge is 2.65. The summed E-state index contributed by atoms with van der Waals surface area (Å²) in [7, 11) is 2.06. The molecule has 1 N–H and O–H groups in total. The molecule has 3 aromatic heterocycles. The number of pyridine rings is 1. The SMILES string of the molecule is CC(=O)c1nn(CC(=O)N2C3C[C@@]34C=CCCCCCN(C)Cc3ccc(Br)nc3NC(=O)[C@@H]2C4)c2c(CF)cc(-c3cnc(C)nc3)cc12. The Hall–Kier alpha value is -4.36. The maximum atomic E-state index is 14.7. The van der Waals surface area contributed by atoms with Crippen LogP contribution in [0.15, 0.2) is 53.4 Å². The second-order valence-corrected chi connectivity index (χ2v) is 14.7. The molecule has 1 aromatic carbocycles. The number of halogens is 2. The van der Waals surface area contributed by atoms with Crippen molar-refractivity contribution in [2.45, 2.75) is 84.2 Å². The summed E-state index contributed by atoms with van der Waals surface area (Å²) in [6.07, 6.45) is 13.2. The van der Waals surface area contributed by atoms with Crippen LogP contribution in [0.4, 0.5) is 10.2 Å². The van der Waals surface area contributed by atoms with Gasteiger partial charge in [0.25, 0.3) is 0 Å². The van der Waals surface area contributed by atoms with Crippen LogP contribution >= 0.6 is 15.9 Å². The number of nitrogens with one attached hydrogen (secondary N) is 1. The molecule has 2 amide bonds. The fourth-order valence-electron chi connectivity index (χ4n) is 7.59. The highest BCUT2D eigenvalue weighted by atomic mass is 79.9. The number of Topliss-reactive ketones (excluding diaryl/α,β-unsaturated/α-hetero) is 1. The number of carbonyl (C=O) groups excluding carboxylic acids is 3. The molecule has 11 nitrogen and oxygen atoms in total. The zero-order chi connectivity index (χ0) is 35.2. The van der Waals surface area contributed by atoms with Gasteiger partial charge in [0, 0.05) is 59.4 Å². The number of amides is 2. The van der Waals surface area contributed by atoms with Crippen molar-refractivity contribution in [2.75, 3.05) is 18.9 Å². The van der Waals surface area contributed by atoms with Gasteiger partial charge in [-0.2, -0.15) is 5.10 Å². The van der Waals surface area contributed by atoms with Gasteiger partial charge in [-0.05, 0) is 92.3 Å². The van der Waals surface area contributed by atoms with E-state index < -0.39 is 12.7 Å². The number of hydrogen-bond acceptors (Lipinski definition) is 8. The van der Waals surface area contributed by atoms with E-state index in [0.29, 0.717) is 56.8 Å². The molecule has 13 heteroatoms. The summed E-state index contributed by atoms with van der Waals surface area (Å²) in [5, 5.41) is 8.07. The normalized spacial score (nSPS) is 22.7. The smallest absolute Gasteiger partial charge is 0.248 e. The van der Waals surface area contributed by atoms with E-state index in [0.717, 1.165) is 44.2 Å². The molecule has 1 unspecified atom stereocenters. The summed E-state index contributed by atoms with van der Waals surface area (Å²) >= 11 is 3.45. The van der Waals surface area contributed by atoms with Gasteiger partial charge in [0.2, 0.25) is 11.8 Å². The lowest BCUT2D eigenvalue weighted by molar-refractivity contribution is -0.138. The quantitative estimate of drug-likeness (QED) is 0.146. The maximum Gasteiger partial charge on any atom is 0.248 e. The van der Waals surface area contributed by atoms with Crippen LogP contribution < -0.4 is 5.32 Å². The zero-order valence-corrected chi connectivity index (χ0v) is 30.0. The molecule has 1 aliphatic carbocycles. The molecule has 50 heavy (non-hydrogen) atoms. The Morgan fingerprint density at radius 2 is 1.90 bits per heavy atom. The summed E-state index contributed by atoms with van der Waals surface area (Å²) in [4.78, 5) is 58.4. The van der Waals surface area contributed by atoms with Gasteiger partial charge >= 0.3 is 0 Å². The van der Waals surface area contributed by atoms with Crippen LogP contribution in [0.2, 0.25) is 0 Å². The van der Waals surface area contributed by atoms with E-state index in [-0.39, 0.29) is 41.3 Å². The van der Waals surface area contributed by atoms with E-state index in [1.165, 1.54) is 11.6 Å². The maximum absolute atomic E-state index is 14.7. The van der Waals surface area contributed by atoms with Crippen LogP contribution in [0.5, 0.6) is 0 Å². The van der Waals surface area contributed by atoms with Gasteiger partial charge in [0.05, 0.1) is 5.52 Å². The topological polar surface area (TPSA) is 126 Å². The van der Waals surface area contributed by atoms with Gasteiger partial charge in [-0.3, -0.25) is 19.1 Å². The highest BCUT2D eigenvalue weighted by molar-refractivity contribution is 9.10. The minimum Gasteiger partial charge on any atom is -0.325 e. The first-order valence-electron chi connectivity index (χ1n) is 17.1. The second kappa shape index (κ2) is 13.7. The van der Waals surface area contributed by atoms with Crippen LogP contribution in [0.1, 0.15) is 72.9 Å². The molecule has 5 heterocycles. The lowest BCUT2D eigenvalue weighted by Crippen LogP contribution is -2.47. The van der Waals surface area contributed by atoms with E-state index in [4.69, 9.17) is 0 Å². The number of carbonyl (C=O) groups is 3. The summed E-state index contributed by atoms with van der Waals surface area (Å²) in [5.41, 5.74) is 2.74. The summed E-state index contributed by atoms with van der Waals surface area (Å²) in [5.74, 6) is 0.144. The van der Waals surface area contributed by atoms with Crippen molar-refractivity contribution < 1.29 is 18.8 Å². The van der Waals surface area contributed by atoms with Crippen molar-refractivity contribution >= 4 is 50.2 Å². The van der Waals surface area contributed by atoms with Crippen molar-refractivity contribution in [1.29, 1.82) is 0 Å². The zero-order valence-electron chi connectivity index (χ0n) is 28.5. The molecule has 1 spiro atoms. The Labute approximate surface area is 298 Å². The van der Waals surface area contributed by atoms with Crippen LogP contribution in [-0.2, 0) is 29.4 Å². The Bertz CT molecular complexity index is 2010. The number of alkyl halides is 1. The molecule has 1 saturated heterocycles. The standard InChI is InChI=1S/C37H40BrFN8O3/c1-22(48)33-28-14-25(27-18-40-23(2)41-19-27)13-26(17-39)34(28)46(44-33)21-32(49)47-29-15-37(16-30(37)47)11-7-5-4-6-8-12-45(3)20-24-9-10-31(38)42-35(24)43-36(29)50/h7,9-11,13-14,18-19,29-30H,4-6,8,12,15-17,20-21H2,1-3H3,(H,42,43,50)/t29-,30?,37-/m0/s1. The third-order valence-electron chi connectivity index (χ3n) is 10.2. The molecule has 2 fully saturated rings. The number of allylic oxidation sites excluding steroid dienone is 1. The molecule has 3 aliphatic rings. The van der Waals surface area contributed by atoms with E-state index in [1.54, 1.807) is 36.4 Å². The fourth-order valence-corrected chi connectivity index (χ4v) is 7.90. The van der Waals surface area contributed by atoms with Gasteiger partial charge in [-0.25, -0.2) is 19.3 Å². The van der Waals surface area contributed by atoms with Crippen LogP contribution in [0, 0.1) is 12.3 Å². The number of likely N-dealkylation sites (tertiary alicyclic amines) is 1. The summed E-state index contributed by atoms with van der Waals surface area (Å²) in [6, 6.07) is 6.39. The number of hydrogen-bond donors (Lipinski definition) is 1. The van der Waals surface area contributed by atoms with Crippen molar-refractivity contribution in [3.05, 3.63) is 76.1 Å². The lowest BCUT2D eigenvalue weighted by atomic mass is 9.97. The van der Waals surface area contributed by atoms with E-state index in [2.05, 4.69) is 65.4 Å². The van der Waals surface area contributed by atoms with Crippen molar-refractivity contribution in [1.82, 2.24) is 34.5 Å². The molecule has 0 radical (unpaired) electrons. The van der Waals surface area contributed by atoms with Crippen molar-refractivity contribution in [2.24, 2.45) is 5.41 Å². The van der Waals surface area contributed by atoms with Crippen molar-refractivity contribution in [3.8, 4) is 11.1 Å². The number of fused-ring (bicyclic) bond motifs is 3. The average Bonchev–Trinajstić information content (AvgIpc) is 3.49. The van der Waals surface area contributed by atoms with E-state index >= 15 is 0 Å². The number of aromatic nitrogens is 5. The monoisotopic (exact) mass is 742 g/mol. The summed E-state index contributed by atoms with van der Waals surface area (Å²) < 4.78 is 16.8. The van der Waals surface area contributed by atoms with Gasteiger partial charge in [-0.15, -0.1) is 0 Å². The first-order valence-corrected chi connectivity index (χ1v) is 17.9. The highest BCUT2D eigenvalue weighted by Crippen LogP contribution is 2.61. The molecule has 1 saturated carbocycles. The number of piperidine rings is 1. The lowest BCUT2D eigenvalue weighted by Gasteiger charge is -2.27. The van der Waals surface area contributed by atoms with E-state index in [1.807, 2.05) is 12.1 Å². The molecule has 2 bridgehead atoms. The van der Waals surface area contributed by atoms with Gasteiger partial charge in [-0.1, -0.05) is 24.6 Å². The summed E-state index contributed by atoms with van der Waals surface area (Å²) in [6.45, 7) is 3.64. The Morgan fingerprint density at radius 1 is 1.10 bits per heavy atom. The molecule has 7 rings (SSSR count). The number of anilines is 1. The van der Waals surface area contributed by atoms with Gasteiger partial charge < -0.3 is 15.1 Å². The Kier molecular flexibility index (Phi) is 9.38. The molecular weight excluding hydrogens is 703 g/mol. The third kappa shape index (κ3) is 6.60. The van der Waals surface area contributed by atoms with Crippen molar-refractivity contribution in [3.63, 3.8) is 0 Å². The molecular formula is C37H40BrFN8O3. The molecule has 2 aliphatic heterocycles. The van der Waals surface area contributed by atoms with Gasteiger partial charge in [0.15, 0.2) is 5.78 Å². The number of ketones is 1. The second-order valence-electron chi connectivity index (χ2n) is 13.8. The Balaban J connectivity index is 1.24.